The number of rotatable bonds is 5. The van der Waals surface area contributed by atoms with E-state index < -0.39 is 5.97 Å². The molecule has 110 valence electrons. The first-order chi connectivity index (χ1) is 10.1. The summed E-state index contributed by atoms with van der Waals surface area (Å²) >= 11 is 7.56. The lowest BCUT2D eigenvalue weighted by molar-refractivity contribution is -0.145. The summed E-state index contributed by atoms with van der Waals surface area (Å²) in [4.78, 5) is 23.5. The second-order valence-electron chi connectivity index (χ2n) is 4.22. The molecule has 0 unspecified atom stereocenters. The number of nitrogens with one attached hydrogen (secondary N) is 1. The highest BCUT2D eigenvalue weighted by Gasteiger charge is 2.10. The Labute approximate surface area is 131 Å². The zero-order valence-electron chi connectivity index (χ0n) is 11.4. The molecule has 4 nitrogen and oxygen atoms in total. The molecular formula is C15H14ClNO3S. The third kappa shape index (κ3) is 4.12. The third-order valence-electron chi connectivity index (χ3n) is 2.80. The van der Waals surface area contributed by atoms with Gasteiger partial charge in [-0.3, -0.25) is 9.59 Å². The van der Waals surface area contributed by atoms with Gasteiger partial charge in [0.15, 0.2) is 6.61 Å². The van der Waals surface area contributed by atoms with Crippen molar-refractivity contribution in [3.8, 4) is 0 Å². The van der Waals surface area contributed by atoms with E-state index in [1.165, 1.54) is 18.8 Å². The predicted molar refractivity (Wildman–Crippen MR) is 84.7 cm³/mol. The van der Waals surface area contributed by atoms with Gasteiger partial charge >= 0.3 is 5.97 Å². The van der Waals surface area contributed by atoms with E-state index in [0.717, 1.165) is 15.7 Å². The highest BCUT2D eigenvalue weighted by Crippen LogP contribution is 2.33. The lowest BCUT2D eigenvalue weighted by atomic mass is 10.1. The van der Waals surface area contributed by atoms with Crippen LogP contribution in [-0.4, -0.2) is 31.3 Å². The third-order valence-corrected chi connectivity index (χ3v) is 4.15. The maximum atomic E-state index is 11.6. The minimum Gasteiger partial charge on any atom is -0.455 e. The summed E-state index contributed by atoms with van der Waals surface area (Å²) in [6.45, 7) is -0.258. The van der Waals surface area contributed by atoms with Crippen molar-refractivity contribution < 1.29 is 14.3 Å². The molecule has 0 aliphatic rings. The monoisotopic (exact) mass is 323 g/mol. The Bertz CT molecular complexity index is 670. The van der Waals surface area contributed by atoms with E-state index in [9.17, 15) is 9.59 Å². The second-order valence-corrected chi connectivity index (χ2v) is 5.64. The lowest BCUT2D eigenvalue weighted by Crippen LogP contribution is -2.25. The summed E-state index contributed by atoms with van der Waals surface area (Å²) in [5.41, 5.74) is 0. The van der Waals surface area contributed by atoms with Crippen LogP contribution >= 0.6 is 23.4 Å². The number of thioether (sulfide) groups is 1. The van der Waals surface area contributed by atoms with Crippen LogP contribution in [0.3, 0.4) is 0 Å². The van der Waals surface area contributed by atoms with E-state index in [4.69, 9.17) is 16.3 Å². The van der Waals surface area contributed by atoms with Gasteiger partial charge in [0, 0.05) is 22.4 Å². The summed E-state index contributed by atoms with van der Waals surface area (Å²) in [5, 5.41) is 4.97. The van der Waals surface area contributed by atoms with Crippen molar-refractivity contribution in [2.24, 2.45) is 0 Å². The topological polar surface area (TPSA) is 55.4 Å². The first kappa shape index (κ1) is 15.7. The normalized spacial score (nSPS) is 10.4. The van der Waals surface area contributed by atoms with Crippen LogP contribution in [0.5, 0.6) is 0 Å². The van der Waals surface area contributed by atoms with Crippen LogP contribution in [0.2, 0.25) is 5.02 Å². The van der Waals surface area contributed by atoms with Crippen molar-refractivity contribution in [1.82, 2.24) is 5.32 Å². The van der Waals surface area contributed by atoms with E-state index in [0.29, 0.717) is 5.02 Å². The number of ether oxygens (including phenoxy) is 1. The van der Waals surface area contributed by atoms with Crippen LogP contribution in [0.25, 0.3) is 10.8 Å². The van der Waals surface area contributed by atoms with Gasteiger partial charge in [-0.25, -0.2) is 0 Å². The first-order valence-corrected chi connectivity index (χ1v) is 7.64. The number of benzene rings is 2. The molecule has 0 aliphatic carbocycles. The zero-order valence-corrected chi connectivity index (χ0v) is 13.0. The summed E-state index contributed by atoms with van der Waals surface area (Å²) in [7, 11) is 1.49. The van der Waals surface area contributed by atoms with Crippen LogP contribution < -0.4 is 5.32 Å². The Kier molecular flexibility index (Phi) is 5.47. The van der Waals surface area contributed by atoms with Crippen LogP contribution in [-0.2, 0) is 14.3 Å². The maximum Gasteiger partial charge on any atom is 0.316 e. The molecule has 0 saturated carbocycles. The number of amides is 1. The number of esters is 1. The molecule has 0 atom stereocenters. The number of carbonyl (C=O) groups is 2. The van der Waals surface area contributed by atoms with Crippen LogP contribution in [0.15, 0.2) is 41.3 Å². The average molecular weight is 324 g/mol. The molecule has 6 heteroatoms. The van der Waals surface area contributed by atoms with Gasteiger partial charge in [0.25, 0.3) is 5.91 Å². The highest BCUT2D eigenvalue weighted by molar-refractivity contribution is 8.00. The highest BCUT2D eigenvalue weighted by atomic mass is 35.5. The van der Waals surface area contributed by atoms with Crippen molar-refractivity contribution in [2.75, 3.05) is 19.4 Å². The molecule has 0 aromatic heterocycles. The van der Waals surface area contributed by atoms with Gasteiger partial charge in [0.2, 0.25) is 0 Å². The smallest absolute Gasteiger partial charge is 0.316 e. The molecule has 0 spiro atoms. The molecule has 2 rings (SSSR count). The molecular weight excluding hydrogens is 310 g/mol. The molecule has 1 amide bonds. The van der Waals surface area contributed by atoms with Gasteiger partial charge in [-0.1, -0.05) is 35.9 Å². The van der Waals surface area contributed by atoms with E-state index in [2.05, 4.69) is 5.32 Å². The Morgan fingerprint density at radius 3 is 2.67 bits per heavy atom. The first-order valence-electron chi connectivity index (χ1n) is 6.28. The fraction of sp³-hybridized carbons (Fsp3) is 0.200. The molecule has 21 heavy (non-hydrogen) atoms. The average Bonchev–Trinajstić information content (AvgIpc) is 2.50. The van der Waals surface area contributed by atoms with Gasteiger partial charge in [0.1, 0.15) is 0 Å². The SMILES string of the molecule is CNC(=O)COC(=O)CSc1cccc2cccc(Cl)c12. The van der Waals surface area contributed by atoms with E-state index in [-0.39, 0.29) is 18.3 Å². The number of hydrogen-bond acceptors (Lipinski definition) is 4. The minimum absolute atomic E-state index is 0.126. The minimum atomic E-state index is -0.437. The van der Waals surface area contributed by atoms with E-state index in [1.54, 1.807) is 0 Å². The molecule has 0 heterocycles. The van der Waals surface area contributed by atoms with Gasteiger partial charge in [0.05, 0.1) is 5.75 Å². The fourth-order valence-corrected chi connectivity index (χ4v) is 3.02. The molecule has 2 aromatic rings. The van der Waals surface area contributed by atoms with Gasteiger partial charge in [-0.05, 0) is 17.5 Å². The number of carbonyl (C=O) groups excluding carboxylic acids is 2. The molecule has 1 N–H and O–H groups in total. The summed E-state index contributed by atoms with van der Waals surface area (Å²) in [5.74, 6) is -0.643. The predicted octanol–water partition coefficient (Wildman–Crippen LogP) is 2.87. The Morgan fingerprint density at radius 2 is 1.95 bits per heavy atom. The van der Waals surface area contributed by atoms with Crippen molar-refractivity contribution in [3.63, 3.8) is 0 Å². The second kappa shape index (κ2) is 7.33. The number of fused-ring (bicyclic) bond motifs is 1. The van der Waals surface area contributed by atoms with Crippen LogP contribution in [0.4, 0.5) is 0 Å². The van der Waals surface area contributed by atoms with Crippen molar-refractivity contribution in [3.05, 3.63) is 41.4 Å². The molecule has 0 fully saturated rings. The molecule has 0 saturated heterocycles. The lowest BCUT2D eigenvalue weighted by Gasteiger charge is -2.08. The summed E-state index contributed by atoms with van der Waals surface area (Å²) < 4.78 is 4.85. The largest absolute Gasteiger partial charge is 0.455 e. The molecule has 0 bridgehead atoms. The van der Waals surface area contributed by atoms with E-state index >= 15 is 0 Å². The van der Waals surface area contributed by atoms with Crippen molar-refractivity contribution in [2.45, 2.75) is 4.90 Å². The molecule has 0 radical (unpaired) electrons. The van der Waals surface area contributed by atoms with Crippen LogP contribution in [0.1, 0.15) is 0 Å². The number of halogens is 1. The van der Waals surface area contributed by atoms with Gasteiger partial charge in [-0.2, -0.15) is 0 Å². The number of hydrogen-bond donors (Lipinski definition) is 1. The van der Waals surface area contributed by atoms with E-state index in [1.807, 2.05) is 36.4 Å². The summed E-state index contributed by atoms with van der Waals surface area (Å²) in [6, 6.07) is 11.5. The maximum absolute atomic E-state index is 11.6. The standard InChI is InChI=1S/C15H14ClNO3S/c1-17-13(18)8-20-14(19)9-21-12-7-3-5-10-4-2-6-11(16)15(10)12/h2-7H,8-9H2,1H3,(H,17,18). The Morgan fingerprint density at radius 1 is 1.24 bits per heavy atom. The molecule has 2 aromatic carbocycles. The van der Waals surface area contributed by atoms with Gasteiger partial charge < -0.3 is 10.1 Å². The Hall–Kier alpha value is -1.72. The quantitative estimate of drug-likeness (QED) is 0.679. The van der Waals surface area contributed by atoms with Gasteiger partial charge in [-0.15, -0.1) is 11.8 Å². The Balaban J connectivity index is 2.04. The van der Waals surface area contributed by atoms with Crippen LogP contribution in [0, 0.1) is 0 Å². The van der Waals surface area contributed by atoms with Crippen molar-refractivity contribution in [1.29, 1.82) is 0 Å². The van der Waals surface area contributed by atoms with Crippen molar-refractivity contribution >= 4 is 46.0 Å². The number of likely N-dealkylation sites (N-methyl/N-ethyl adjacent to an activating group) is 1. The zero-order chi connectivity index (χ0) is 15.2. The summed E-state index contributed by atoms with van der Waals surface area (Å²) in [6.07, 6.45) is 0. The fourth-order valence-electron chi connectivity index (χ4n) is 1.78. The molecule has 0 aliphatic heterocycles.